The van der Waals surface area contributed by atoms with E-state index in [0.717, 1.165) is 11.3 Å². The highest BCUT2D eigenvalue weighted by atomic mass is 16.1. The fourth-order valence-corrected chi connectivity index (χ4v) is 1.35. The lowest BCUT2D eigenvalue weighted by Gasteiger charge is -2.00. The molecule has 2 rings (SSSR count). The number of anilines is 1. The van der Waals surface area contributed by atoms with Gasteiger partial charge in [0.05, 0.1) is 0 Å². The Bertz CT molecular complexity index is 506. The molecule has 1 amide bonds. The predicted octanol–water partition coefficient (Wildman–Crippen LogP) is 2.73. The van der Waals surface area contributed by atoms with Crippen LogP contribution in [0.15, 0.2) is 60.9 Å². The van der Waals surface area contributed by atoms with Crippen LogP contribution in [0.4, 0.5) is 5.69 Å². The quantitative estimate of drug-likeness (QED) is 0.814. The van der Waals surface area contributed by atoms with Gasteiger partial charge in [0.2, 0.25) is 5.91 Å². The average molecular weight is 224 g/mol. The molecule has 0 saturated heterocycles. The van der Waals surface area contributed by atoms with E-state index in [1.165, 1.54) is 6.08 Å². The molecule has 3 heteroatoms. The summed E-state index contributed by atoms with van der Waals surface area (Å²) in [4.78, 5) is 15.5. The van der Waals surface area contributed by atoms with E-state index in [-0.39, 0.29) is 5.91 Å². The van der Waals surface area contributed by atoms with Crippen LogP contribution in [0.3, 0.4) is 0 Å². The van der Waals surface area contributed by atoms with Crippen molar-refractivity contribution in [3.8, 4) is 0 Å². The van der Waals surface area contributed by atoms with Gasteiger partial charge in [-0.1, -0.05) is 18.2 Å². The predicted molar refractivity (Wildman–Crippen MR) is 68.3 cm³/mol. The van der Waals surface area contributed by atoms with E-state index in [1.807, 2.05) is 42.5 Å². The van der Waals surface area contributed by atoms with Crippen LogP contribution in [0, 0.1) is 0 Å². The number of nitrogens with one attached hydrogen (secondary N) is 1. The first-order chi connectivity index (χ1) is 8.34. The van der Waals surface area contributed by atoms with Crippen LogP contribution in [-0.2, 0) is 4.79 Å². The largest absolute Gasteiger partial charge is 0.323 e. The maximum absolute atomic E-state index is 11.6. The summed E-state index contributed by atoms with van der Waals surface area (Å²) in [6.07, 6.45) is 6.63. The summed E-state index contributed by atoms with van der Waals surface area (Å²) in [6.45, 7) is 0. The lowest BCUT2D eigenvalue weighted by molar-refractivity contribution is -0.111. The van der Waals surface area contributed by atoms with Gasteiger partial charge in [-0.2, -0.15) is 0 Å². The molecule has 0 aliphatic rings. The van der Waals surface area contributed by atoms with Crippen molar-refractivity contribution in [3.05, 3.63) is 66.5 Å². The Morgan fingerprint density at radius 3 is 2.47 bits per heavy atom. The number of pyridine rings is 1. The monoisotopic (exact) mass is 224 g/mol. The highest BCUT2D eigenvalue weighted by Gasteiger charge is 1.95. The third-order valence-electron chi connectivity index (χ3n) is 2.17. The average Bonchev–Trinajstić information content (AvgIpc) is 2.39. The minimum absolute atomic E-state index is 0.145. The third kappa shape index (κ3) is 3.57. The Kier molecular flexibility index (Phi) is 3.65. The van der Waals surface area contributed by atoms with Gasteiger partial charge in [0.1, 0.15) is 0 Å². The van der Waals surface area contributed by atoms with Crippen LogP contribution in [0.1, 0.15) is 5.56 Å². The lowest BCUT2D eigenvalue weighted by Crippen LogP contribution is -2.07. The Balaban J connectivity index is 1.96. The van der Waals surface area contributed by atoms with Crippen molar-refractivity contribution in [2.24, 2.45) is 0 Å². The van der Waals surface area contributed by atoms with Crippen molar-refractivity contribution >= 4 is 17.7 Å². The molecule has 2 aromatic rings. The standard InChI is InChI=1S/C14H12N2O/c17-14(16-13-4-2-1-3-5-13)7-6-12-8-10-15-11-9-12/h1-11H,(H,16,17). The molecule has 0 bridgehead atoms. The highest BCUT2D eigenvalue weighted by Crippen LogP contribution is 2.05. The van der Waals surface area contributed by atoms with Crippen LogP contribution in [0.2, 0.25) is 0 Å². The van der Waals surface area contributed by atoms with Gasteiger partial charge < -0.3 is 5.32 Å². The molecule has 0 atom stereocenters. The zero-order valence-electron chi connectivity index (χ0n) is 9.21. The highest BCUT2D eigenvalue weighted by molar-refractivity contribution is 6.01. The van der Waals surface area contributed by atoms with E-state index in [2.05, 4.69) is 10.3 Å². The van der Waals surface area contributed by atoms with Crippen LogP contribution in [0.5, 0.6) is 0 Å². The molecule has 0 spiro atoms. The Hall–Kier alpha value is -2.42. The normalized spacial score (nSPS) is 10.4. The molecule has 0 fully saturated rings. The molecule has 0 saturated carbocycles. The van der Waals surface area contributed by atoms with Gasteiger partial charge >= 0.3 is 0 Å². The van der Waals surface area contributed by atoms with E-state index in [9.17, 15) is 4.79 Å². The van der Waals surface area contributed by atoms with Crippen LogP contribution in [-0.4, -0.2) is 10.9 Å². The first-order valence-corrected chi connectivity index (χ1v) is 5.29. The zero-order chi connectivity index (χ0) is 11.9. The number of aromatic nitrogens is 1. The fourth-order valence-electron chi connectivity index (χ4n) is 1.35. The Labute approximate surface area is 99.8 Å². The van der Waals surface area contributed by atoms with E-state index in [0.29, 0.717) is 0 Å². The van der Waals surface area contributed by atoms with Crippen molar-refractivity contribution in [3.63, 3.8) is 0 Å². The van der Waals surface area contributed by atoms with Crippen LogP contribution in [0.25, 0.3) is 6.08 Å². The molecular weight excluding hydrogens is 212 g/mol. The van der Waals surface area contributed by atoms with Gasteiger partial charge in [-0.05, 0) is 35.9 Å². The van der Waals surface area contributed by atoms with E-state index in [1.54, 1.807) is 18.5 Å². The first-order valence-electron chi connectivity index (χ1n) is 5.29. The summed E-state index contributed by atoms with van der Waals surface area (Å²) >= 11 is 0. The van der Waals surface area contributed by atoms with Crippen molar-refractivity contribution in [2.45, 2.75) is 0 Å². The summed E-state index contributed by atoms with van der Waals surface area (Å²) in [5.74, 6) is -0.145. The summed E-state index contributed by atoms with van der Waals surface area (Å²) in [7, 11) is 0. The van der Waals surface area contributed by atoms with Crippen molar-refractivity contribution in [1.29, 1.82) is 0 Å². The fraction of sp³-hybridized carbons (Fsp3) is 0. The number of carbonyl (C=O) groups excluding carboxylic acids is 1. The summed E-state index contributed by atoms with van der Waals surface area (Å²) < 4.78 is 0. The molecule has 0 aliphatic carbocycles. The molecule has 0 radical (unpaired) electrons. The lowest BCUT2D eigenvalue weighted by atomic mass is 10.2. The minimum Gasteiger partial charge on any atom is -0.323 e. The summed E-state index contributed by atoms with van der Waals surface area (Å²) in [5.41, 5.74) is 1.74. The number of nitrogens with zero attached hydrogens (tertiary/aromatic N) is 1. The van der Waals surface area contributed by atoms with Gasteiger partial charge in [-0.25, -0.2) is 0 Å². The Morgan fingerprint density at radius 1 is 1.06 bits per heavy atom. The number of para-hydroxylation sites is 1. The molecular formula is C14H12N2O. The topological polar surface area (TPSA) is 42.0 Å². The van der Waals surface area contributed by atoms with E-state index >= 15 is 0 Å². The smallest absolute Gasteiger partial charge is 0.248 e. The molecule has 1 N–H and O–H groups in total. The second-order valence-corrected chi connectivity index (χ2v) is 3.47. The Morgan fingerprint density at radius 2 is 1.76 bits per heavy atom. The molecule has 0 unspecified atom stereocenters. The number of carbonyl (C=O) groups is 1. The van der Waals surface area contributed by atoms with Crippen molar-refractivity contribution < 1.29 is 4.79 Å². The van der Waals surface area contributed by atoms with E-state index < -0.39 is 0 Å². The number of hydrogen-bond donors (Lipinski definition) is 1. The second kappa shape index (κ2) is 5.61. The molecule has 84 valence electrons. The summed E-state index contributed by atoms with van der Waals surface area (Å²) in [6, 6.07) is 13.0. The molecule has 1 aromatic heterocycles. The van der Waals surface area contributed by atoms with Crippen LogP contribution < -0.4 is 5.32 Å². The molecule has 3 nitrogen and oxygen atoms in total. The number of amides is 1. The molecule has 1 heterocycles. The van der Waals surface area contributed by atoms with Gasteiger partial charge in [-0.15, -0.1) is 0 Å². The molecule has 17 heavy (non-hydrogen) atoms. The van der Waals surface area contributed by atoms with Crippen molar-refractivity contribution in [1.82, 2.24) is 4.98 Å². The summed E-state index contributed by atoms with van der Waals surface area (Å²) in [5, 5.41) is 2.77. The van der Waals surface area contributed by atoms with Crippen molar-refractivity contribution in [2.75, 3.05) is 5.32 Å². The van der Waals surface area contributed by atoms with Gasteiger partial charge in [0.25, 0.3) is 0 Å². The van der Waals surface area contributed by atoms with Crippen LogP contribution >= 0.6 is 0 Å². The SMILES string of the molecule is O=C(C=Cc1ccncc1)Nc1ccccc1. The maximum atomic E-state index is 11.6. The number of rotatable bonds is 3. The molecule has 0 aliphatic heterocycles. The first kappa shape index (κ1) is 11.1. The third-order valence-corrected chi connectivity index (χ3v) is 2.17. The van der Waals surface area contributed by atoms with E-state index in [4.69, 9.17) is 0 Å². The maximum Gasteiger partial charge on any atom is 0.248 e. The van der Waals surface area contributed by atoms with Gasteiger partial charge in [0, 0.05) is 24.2 Å². The van der Waals surface area contributed by atoms with Gasteiger partial charge in [0.15, 0.2) is 0 Å². The van der Waals surface area contributed by atoms with Gasteiger partial charge in [-0.3, -0.25) is 9.78 Å². The second-order valence-electron chi connectivity index (χ2n) is 3.47. The number of benzene rings is 1. The zero-order valence-corrected chi connectivity index (χ0v) is 9.21. The number of hydrogen-bond acceptors (Lipinski definition) is 2. The minimum atomic E-state index is -0.145. The molecule has 1 aromatic carbocycles.